The van der Waals surface area contributed by atoms with Crippen LogP contribution in [0, 0.1) is 0 Å². The van der Waals surface area contributed by atoms with Crippen molar-refractivity contribution in [2.45, 2.75) is 0 Å². The van der Waals surface area contributed by atoms with Crippen LogP contribution in [0.15, 0.2) is 127 Å². The van der Waals surface area contributed by atoms with Crippen LogP contribution in [0.5, 0.6) is 0 Å². The van der Waals surface area contributed by atoms with Crippen LogP contribution in [-0.4, -0.2) is 0 Å². The topological polar surface area (TPSA) is 3.24 Å². The number of hydrogen-bond donors (Lipinski definition) is 0. The third-order valence-corrected chi connectivity index (χ3v) is 9.59. The molecule has 0 saturated carbocycles. The molecule has 0 radical (unpaired) electrons. The first-order chi connectivity index (χ1) is 18.3. The molecule has 0 N–H and O–H groups in total. The van der Waals surface area contributed by atoms with Crippen LogP contribution in [-0.2, 0) is 0 Å². The Kier molecular flexibility index (Phi) is 4.63. The Balaban J connectivity index is 1.40. The molecule has 0 amide bonds. The molecule has 0 saturated heterocycles. The summed E-state index contributed by atoms with van der Waals surface area (Å²) in [5.41, 5.74) is 3.54. The minimum atomic E-state index is 1.16. The zero-order valence-electron chi connectivity index (χ0n) is 19.9. The first-order valence-electron chi connectivity index (χ1n) is 12.4. The summed E-state index contributed by atoms with van der Waals surface area (Å²) < 4.78 is 5.34. The van der Waals surface area contributed by atoms with Gasteiger partial charge < -0.3 is 4.90 Å². The van der Waals surface area contributed by atoms with Crippen molar-refractivity contribution in [2.24, 2.45) is 0 Å². The van der Waals surface area contributed by atoms with Crippen molar-refractivity contribution < 1.29 is 0 Å². The van der Waals surface area contributed by atoms with Gasteiger partial charge in [0.1, 0.15) is 0 Å². The van der Waals surface area contributed by atoms with E-state index in [1.165, 1.54) is 62.5 Å². The van der Waals surface area contributed by atoms with Crippen molar-refractivity contribution >= 4 is 90.9 Å². The van der Waals surface area contributed by atoms with Gasteiger partial charge in [-0.15, -0.1) is 22.7 Å². The van der Waals surface area contributed by atoms with Crippen LogP contribution in [0.25, 0.3) is 51.1 Å². The van der Waals surface area contributed by atoms with Crippen molar-refractivity contribution in [3.05, 3.63) is 127 Å². The molecule has 8 aromatic rings. The number of thiophene rings is 2. The summed E-state index contributed by atoms with van der Waals surface area (Å²) >= 11 is 3.75. The normalized spacial score (nSPS) is 11.8. The molecule has 0 unspecified atom stereocenters. The predicted molar refractivity (Wildman–Crippen MR) is 164 cm³/mol. The van der Waals surface area contributed by atoms with Gasteiger partial charge in [0, 0.05) is 51.7 Å². The zero-order valence-corrected chi connectivity index (χ0v) is 21.5. The highest BCUT2D eigenvalue weighted by atomic mass is 32.1. The van der Waals surface area contributed by atoms with E-state index < -0.39 is 0 Å². The van der Waals surface area contributed by atoms with Gasteiger partial charge in [-0.05, 0) is 59.3 Å². The van der Waals surface area contributed by atoms with Gasteiger partial charge in [-0.2, -0.15) is 0 Å². The van der Waals surface area contributed by atoms with Gasteiger partial charge in [0.15, 0.2) is 0 Å². The van der Waals surface area contributed by atoms with Crippen molar-refractivity contribution in [2.75, 3.05) is 4.90 Å². The molecule has 0 bridgehead atoms. The maximum absolute atomic E-state index is 2.41. The average molecular weight is 508 g/mol. The van der Waals surface area contributed by atoms with Crippen LogP contribution in [0.3, 0.4) is 0 Å². The Morgan fingerprint density at radius 2 is 1.14 bits per heavy atom. The van der Waals surface area contributed by atoms with Gasteiger partial charge in [0.25, 0.3) is 0 Å². The molecule has 3 heteroatoms. The zero-order chi connectivity index (χ0) is 24.3. The van der Waals surface area contributed by atoms with Crippen LogP contribution >= 0.6 is 22.7 Å². The van der Waals surface area contributed by atoms with E-state index in [9.17, 15) is 0 Å². The van der Waals surface area contributed by atoms with E-state index in [-0.39, 0.29) is 0 Å². The second-order valence-electron chi connectivity index (χ2n) is 9.37. The van der Waals surface area contributed by atoms with Crippen LogP contribution < -0.4 is 4.90 Å². The maximum atomic E-state index is 2.41. The average Bonchev–Trinajstić information content (AvgIpc) is 3.53. The van der Waals surface area contributed by atoms with Gasteiger partial charge in [-0.25, -0.2) is 0 Å². The summed E-state index contributed by atoms with van der Waals surface area (Å²) in [6, 6.07) is 46.4. The van der Waals surface area contributed by atoms with Crippen molar-refractivity contribution in [3.8, 4) is 0 Å². The monoisotopic (exact) mass is 507 g/mol. The maximum Gasteiger partial charge on any atom is 0.0554 e. The van der Waals surface area contributed by atoms with Gasteiger partial charge in [-0.3, -0.25) is 0 Å². The van der Waals surface area contributed by atoms with Crippen LogP contribution in [0.1, 0.15) is 0 Å². The van der Waals surface area contributed by atoms with E-state index in [2.05, 4.69) is 132 Å². The fourth-order valence-electron chi connectivity index (χ4n) is 5.58. The highest BCUT2D eigenvalue weighted by molar-refractivity contribution is 7.26. The number of rotatable bonds is 3. The second-order valence-corrected chi connectivity index (χ2v) is 11.5. The number of hydrogen-bond acceptors (Lipinski definition) is 3. The van der Waals surface area contributed by atoms with Gasteiger partial charge in [0.05, 0.1) is 5.69 Å². The van der Waals surface area contributed by atoms with E-state index >= 15 is 0 Å². The predicted octanol–water partition coefficient (Wildman–Crippen LogP) is 11.0. The standard InChI is InChI=1S/C34H21NS2/c1-2-9-23(10-3-1)35(29-13-8-16-32-33(29)28-12-5-7-15-31(28)36-32)24-18-20-25-22(21-24)17-19-27-26-11-4-6-14-30(26)37-34(25)27/h1-21H. The van der Waals surface area contributed by atoms with E-state index in [4.69, 9.17) is 0 Å². The first kappa shape index (κ1) is 21.0. The Hall–Kier alpha value is -4.18. The molecule has 2 heterocycles. The van der Waals surface area contributed by atoms with Crippen molar-refractivity contribution in [1.29, 1.82) is 0 Å². The highest BCUT2D eigenvalue weighted by Crippen LogP contribution is 2.46. The Bertz CT molecular complexity index is 2100. The number of nitrogens with zero attached hydrogens (tertiary/aromatic N) is 1. The van der Waals surface area contributed by atoms with Crippen molar-refractivity contribution in [1.82, 2.24) is 0 Å². The van der Waals surface area contributed by atoms with Crippen molar-refractivity contribution in [3.63, 3.8) is 0 Å². The lowest BCUT2D eigenvalue weighted by molar-refractivity contribution is 1.31. The fourth-order valence-corrected chi connectivity index (χ4v) is 7.95. The quantitative estimate of drug-likeness (QED) is 0.230. The fraction of sp³-hybridized carbons (Fsp3) is 0. The van der Waals surface area contributed by atoms with Gasteiger partial charge in [-0.1, -0.05) is 78.9 Å². The van der Waals surface area contributed by atoms with Gasteiger partial charge in [0.2, 0.25) is 0 Å². The molecule has 0 fully saturated rings. The Labute approximate surface area is 222 Å². The van der Waals surface area contributed by atoms with Crippen LogP contribution in [0.2, 0.25) is 0 Å². The third-order valence-electron chi connectivity index (χ3n) is 7.24. The lowest BCUT2D eigenvalue weighted by atomic mass is 10.0. The molecule has 2 aromatic heterocycles. The number of para-hydroxylation sites is 1. The van der Waals surface area contributed by atoms with Crippen LogP contribution in [0.4, 0.5) is 17.1 Å². The van der Waals surface area contributed by atoms with E-state index in [0.717, 1.165) is 5.69 Å². The molecular formula is C34H21NS2. The summed E-state index contributed by atoms with van der Waals surface area (Å²) in [6.07, 6.45) is 0. The van der Waals surface area contributed by atoms with E-state index in [0.29, 0.717) is 0 Å². The number of anilines is 3. The summed E-state index contributed by atoms with van der Waals surface area (Å²) in [7, 11) is 0. The SMILES string of the molecule is c1ccc(N(c2ccc3c(ccc4c5ccccc5sc34)c2)c2cccc3sc4ccccc4c23)cc1. The molecule has 0 aliphatic rings. The molecule has 6 aromatic carbocycles. The molecule has 0 aliphatic heterocycles. The third kappa shape index (κ3) is 3.21. The minimum absolute atomic E-state index is 1.16. The highest BCUT2D eigenvalue weighted by Gasteiger charge is 2.19. The molecule has 0 spiro atoms. The number of benzene rings is 6. The molecular weight excluding hydrogens is 487 g/mol. The molecule has 0 atom stereocenters. The molecule has 8 rings (SSSR count). The Morgan fingerprint density at radius 1 is 0.432 bits per heavy atom. The lowest BCUT2D eigenvalue weighted by Gasteiger charge is -2.26. The van der Waals surface area contributed by atoms with Gasteiger partial charge >= 0.3 is 0 Å². The first-order valence-corrected chi connectivity index (χ1v) is 14.1. The largest absolute Gasteiger partial charge is 0.310 e. The Morgan fingerprint density at radius 3 is 2.00 bits per heavy atom. The minimum Gasteiger partial charge on any atom is -0.310 e. The second kappa shape index (κ2) is 8.17. The molecule has 37 heavy (non-hydrogen) atoms. The number of fused-ring (bicyclic) bond motifs is 8. The smallest absolute Gasteiger partial charge is 0.0554 e. The summed E-state index contributed by atoms with van der Waals surface area (Å²) in [4.78, 5) is 2.41. The molecule has 0 aliphatic carbocycles. The van der Waals surface area contributed by atoms with E-state index in [1.807, 2.05) is 22.7 Å². The lowest BCUT2D eigenvalue weighted by Crippen LogP contribution is -2.10. The summed E-state index contributed by atoms with van der Waals surface area (Å²) in [5.74, 6) is 0. The summed E-state index contributed by atoms with van der Waals surface area (Å²) in [5, 5.41) is 7.89. The molecule has 1 nitrogen and oxygen atoms in total. The summed E-state index contributed by atoms with van der Waals surface area (Å²) in [6.45, 7) is 0. The molecule has 174 valence electrons. The van der Waals surface area contributed by atoms with E-state index in [1.54, 1.807) is 0 Å².